The number of phenolic OH excluding ortho intramolecular Hbond substituents is 1. The van der Waals surface area contributed by atoms with E-state index in [-0.39, 0.29) is 17.0 Å². The Labute approximate surface area is 88.6 Å². The molecule has 1 aliphatic heterocycles. The zero-order valence-corrected chi connectivity index (χ0v) is 7.89. The quantitative estimate of drug-likeness (QED) is 0.698. The number of hydrogen-bond acceptors (Lipinski definition) is 3. The van der Waals surface area contributed by atoms with Crippen LogP contribution < -0.4 is 0 Å². The fourth-order valence-corrected chi connectivity index (χ4v) is 1.79. The van der Waals surface area contributed by atoms with Crippen LogP contribution in [0.15, 0.2) is 28.4 Å². The molecular weight excluding hydrogens is 210 g/mol. The summed E-state index contributed by atoms with van der Waals surface area (Å²) in [5.74, 6) is -1.29. The second-order valence-electron chi connectivity index (χ2n) is 3.39. The molecule has 0 fully saturated rings. The summed E-state index contributed by atoms with van der Waals surface area (Å²) in [6, 6.07) is 4.72. The molecule has 0 radical (unpaired) electrons. The second-order valence-corrected chi connectivity index (χ2v) is 3.39. The lowest BCUT2D eigenvalue weighted by atomic mass is 10.1. The highest BCUT2D eigenvalue weighted by Crippen LogP contribution is 2.32. The van der Waals surface area contributed by atoms with E-state index in [9.17, 15) is 14.7 Å². The Balaban J connectivity index is 2.51. The third kappa shape index (κ3) is 0.952. The van der Waals surface area contributed by atoms with Crippen LogP contribution in [0.2, 0.25) is 0 Å². The first kappa shape index (κ1) is 8.78. The van der Waals surface area contributed by atoms with Crippen LogP contribution in [0.4, 0.5) is 0 Å². The molecule has 16 heavy (non-hydrogen) atoms. The number of carbonyl (C=O) groups excluding carboxylic acids is 2. The highest BCUT2D eigenvalue weighted by atomic mass is 16.3. The van der Waals surface area contributed by atoms with Gasteiger partial charge >= 0.3 is 5.91 Å². The topological polar surface area (TPSA) is 94.9 Å². The summed E-state index contributed by atoms with van der Waals surface area (Å²) in [6.07, 6.45) is 0. The first-order valence-electron chi connectivity index (χ1n) is 4.52. The maximum absolute atomic E-state index is 11.5. The molecule has 1 aliphatic rings. The van der Waals surface area contributed by atoms with Crippen LogP contribution in [0.5, 0.6) is 5.75 Å². The fraction of sp³-hybridized carbons (Fsp3) is 0. The number of aromatic amines is 1. The van der Waals surface area contributed by atoms with E-state index in [1.54, 1.807) is 12.1 Å². The van der Waals surface area contributed by atoms with Gasteiger partial charge in [-0.3, -0.25) is 9.59 Å². The van der Waals surface area contributed by atoms with Crippen LogP contribution in [-0.4, -0.2) is 21.9 Å². The molecule has 0 saturated carbocycles. The van der Waals surface area contributed by atoms with Crippen molar-refractivity contribution in [3.05, 3.63) is 29.5 Å². The van der Waals surface area contributed by atoms with Gasteiger partial charge in [0.1, 0.15) is 11.4 Å². The number of fused-ring (bicyclic) bond motifs is 3. The van der Waals surface area contributed by atoms with E-state index >= 15 is 0 Å². The molecule has 2 N–H and O–H groups in total. The van der Waals surface area contributed by atoms with Crippen LogP contribution >= 0.6 is 0 Å². The average Bonchev–Trinajstić information content (AvgIpc) is 2.65. The average molecular weight is 215 g/mol. The summed E-state index contributed by atoms with van der Waals surface area (Å²) in [5.41, 5.74) is 0.684. The standard InChI is InChI=1S/C10H5N3O3/c14-5-3-1-2-4-6(5)7-8(11-4)10(16)13-12-9(7)15/h1-3,11,14H. The predicted molar refractivity (Wildman–Crippen MR) is 53.5 cm³/mol. The van der Waals surface area contributed by atoms with Crippen molar-refractivity contribution in [3.63, 3.8) is 0 Å². The van der Waals surface area contributed by atoms with Gasteiger partial charge in [-0.25, -0.2) is 0 Å². The maximum atomic E-state index is 11.5. The van der Waals surface area contributed by atoms with Gasteiger partial charge in [0.2, 0.25) is 0 Å². The van der Waals surface area contributed by atoms with Crippen molar-refractivity contribution in [3.8, 4) is 5.75 Å². The molecule has 2 amide bonds. The molecule has 1 aromatic heterocycles. The molecule has 78 valence electrons. The van der Waals surface area contributed by atoms with Crippen molar-refractivity contribution in [2.24, 2.45) is 10.2 Å². The van der Waals surface area contributed by atoms with E-state index in [1.165, 1.54) is 6.07 Å². The van der Waals surface area contributed by atoms with Gasteiger partial charge in [-0.2, -0.15) is 0 Å². The van der Waals surface area contributed by atoms with E-state index in [0.717, 1.165) is 0 Å². The minimum absolute atomic E-state index is 0.0618. The Bertz CT molecular complexity index is 669. The van der Waals surface area contributed by atoms with E-state index in [4.69, 9.17) is 0 Å². The van der Waals surface area contributed by atoms with Crippen molar-refractivity contribution in [2.75, 3.05) is 0 Å². The Hall–Kier alpha value is -2.50. The summed E-state index contributed by atoms with van der Waals surface area (Å²) in [5, 5.41) is 16.4. The number of carbonyl (C=O) groups is 2. The minimum Gasteiger partial charge on any atom is -0.507 e. The molecule has 0 aliphatic carbocycles. The molecule has 6 nitrogen and oxygen atoms in total. The summed E-state index contributed by atoms with van der Waals surface area (Å²) >= 11 is 0. The summed E-state index contributed by atoms with van der Waals surface area (Å²) < 4.78 is 0. The zero-order chi connectivity index (χ0) is 11.3. The third-order valence-corrected chi connectivity index (χ3v) is 2.46. The Morgan fingerprint density at radius 3 is 2.69 bits per heavy atom. The molecule has 2 heterocycles. The highest BCUT2D eigenvalue weighted by molar-refractivity contribution is 6.19. The smallest absolute Gasteiger partial charge is 0.312 e. The van der Waals surface area contributed by atoms with Gasteiger partial charge in [0.25, 0.3) is 5.91 Å². The van der Waals surface area contributed by atoms with Gasteiger partial charge in [0, 0.05) is 0 Å². The molecule has 0 unspecified atom stereocenters. The van der Waals surface area contributed by atoms with Crippen molar-refractivity contribution in [1.82, 2.24) is 4.98 Å². The maximum Gasteiger partial charge on any atom is 0.312 e. The third-order valence-electron chi connectivity index (χ3n) is 2.46. The fourth-order valence-electron chi connectivity index (χ4n) is 1.79. The van der Waals surface area contributed by atoms with Crippen LogP contribution in [-0.2, 0) is 0 Å². The number of aromatic nitrogens is 1. The molecule has 0 spiro atoms. The largest absolute Gasteiger partial charge is 0.507 e. The molecule has 1 aromatic carbocycles. The van der Waals surface area contributed by atoms with Crippen LogP contribution in [0, 0.1) is 0 Å². The van der Waals surface area contributed by atoms with Crippen molar-refractivity contribution >= 4 is 22.7 Å². The molecule has 0 bridgehead atoms. The summed E-state index contributed by atoms with van der Waals surface area (Å²) in [4.78, 5) is 25.7. The first-order chi connectivity index (χ1) is 7.68. The van der Waals surface area contributed by atoms with Gasteiger partial charge in [-0.05, 0) is 12.1 Å². The van der Waals surface area contributed by atoms with E-state index < -0.39 is 11.8 Å². The van der Waals surface area contributed by atoms with E-state index in [1.807, 2.05) is 0 Å². The van der Waals surface area contributed by atoms with Crippen molar-refractivity contribution < 1.29 is 14.7 Å². The molecule has 2 aromatic rings. The first-order valence-corrected chi connectivity index (χ1v) is 4.52. The number of rotatable bonds is 0. The number of aromatic hydroxyl groups is 1. The monoisotopic (exact) mass is 215 g/mol. The molecule has 0 saturated heterocycles. The number of benzene rings is 1. The van der Waals surface area contributed by atoms with E-state index in [2.05, 4.69) is 15.2 Å². The van der Waals surface area contributed by atoms with Crippen molar-refractivity contribution in [1.29, 1.82) is 0 Å². The number of hydrogen-bond donors (Lipinski definition) is 2. The van der Waals surface area contributed by atoms with Gasteiger partial charge < -0.3 is 10.1 Å². The SMILES string of the molecule is O=C1N=NC(=O)c2c1[nH]c1cccc(O)c21. The number of nitrogens with one attached hydrogen (secondary N) is 1. The van der Waals surface area contributed by atoms with Gasteiger partial charge in [-0.1, -0.05) is 6.07 Å². The lowest BCUT2D eigenvalue weighted by Crippen LogP contribution is -2.09. The predicted octanol–water partition coefficient (Wildman–Crippen LogP) is 1.62. The number of H-pyrrole nitrogens is 1. The van der Waals surface area contributed by atoms with Gasteiger partial charge in [0.05, 0.1) is 16.5 Å². The molecular formula is C10H5N3O3. The van der Waals surface area contributed by atoms with Gasteiger partial charge in [0.15, 0.2) is 0 Å². The number of azo groups is 1. The van der Waals surface area contributed by atoms with Crippen LogP contribution in [0.3, 0.4) is 0 Å². The molecule has 3 rings (SSSR count). The van der Waals surface area contributed by atoms with E-state index in [0.29, 0.717) is 10.9 Å². The van der Waals surface area contributed by atoms with Crippen LogP contribution in [0.1, 0.15) is 20.8 Å². The lowest BCUT2D eigenvalue weighted by Gasteiger charge is -2.01. The molecule has 0 atom stereocenters. The second kappa shape index (κ2) is 2.75. The van der Waals surface area contributed by atoms with Gasteiger partial charge in [-0.15, -0.1) is 10.2 Å². The van der Waals surface area contributed by atoms with Crippen molar-refractivity contribution in [2.45, 2.75) is 0 Å². The summed E-state index contributed by atoms with van der Waals surface area (Å²) in [7, 11) is 0. The highest BCUT2D eigenvalue weighted by Gasteiger charge is 2.28. The Morgan fingerprint density at radius 2 is 1.88 bits per heavy atom. The summed E-state index contributed by atoms with van der Waals surface area (Å²) in [6.45, 7) is 0. The Kier molecular flexibility index (Phi) is 1.51. The number of amides is 2. The Morgan fingerprint density at radius 1 is 1.12 bits per heavy atom. The zero-order valence-electron chi connectivity index (χ0n) is 7.89. The normalized spacial score (nSPS) is 14.5. The minimum atomic E-state index is -0.623. The van der Waals surface area contributed by atoms with Crippen LogP contribution in [0.25, 0.3) is 10.9 Å². The number of phenols is 1. The number of nitrogens with zero attached hydrogens (tertiary/aromatic N) is 2. The molecule has 6 heteroatoms. The lowest BCUT2D eigenvalue weighted by molar-refractivity contribution is 0.0919.